The minimum Gasteiger partial charge on any atom is -0.483 e. The van der Waals surface area contributed by atoms with Crippen LogP contribution in [0.3, 0.4) is 0 Å². The third kappa shape index (κ3) is 1.87. The molecule has 2 aliphatic heterocycles. The lowest BCUT2D eigenvalue weighted by Crippen LogP contribution is -2.82. The van der Waals surface area contributed by atoms with Crippen molar-refractivity contribution >= 4 is 0 Å². The Bertz CT molecular complexity index is 918. The second kappa shape index (κ2) is 5.79. The number of aliphatic hydroxyl groups is 1. The van der Waals surface area contributed by atoms with E-state index in [2.05, 4.69) is 18.9 Å². The first kappa shape index (κ1) is 19.5. The molecule has 2 heterocycles. The molecule has 4 bridgehead atoms. The van der Waals surface area contributed by atoms with Gasteiger partial charge in [0.15, 0.2) is 11.6 Å². The molecule has 4 fully saturated rings. The molecule has 7 atom stereocenters. The Morgan fingerprint density at radius 2 is 2.13 bits per heavy atom. The van der Waals surface area contributed by atoms with Crippen molar-refractivity contribution in [1.82, 2.24) is 4.90 Å². The van der Waals surface area contributed by atoms with Crippen LogP contribution < -0.4 is 4.74 Å². The number of hydrogen-bond acceptors (Lipinski definition) is 4. The van der Waals surface area contributed by atoms with Crippen molar-refractivity contribution in [2.75, 3.05) is 20.7 Å². The second-order valence-electron chi connectivity index (χ2n) is 11.0. The molecule has 0 aromatic heterocycles. The average molecular weight is 415 g/mol. The van der Waals surface area contributed by atoms with Crippen molar-refractivity contribution in [3.05, 3.63) is 29.1 Å². The van der Waals surface area contributed by atoms with Crippen LogP contribution in [0.25, 0.3) is 0 Å². The molecular weight excluding hydrogens is 380 g/mol. The Labute approximate surface area is 178 Å². The van der Waals surface area contributed by atoms with E-state index in [0.29, 0.717) is 11.8 Å². The zero-order chi connectivity index (χ0) is 21.1. The van der Waals surface area contributed by atoms with Gasteiger partial charge in [-0.05, 0) is 70.7 Å². The highest BCUT2D eigenvalue weighted by Crippen LogP contribution is 2.77. The van der Waals surface area contributed by atoms with E-state index in [0.717, 1.165) is 57.1 Å². The van der Waals surface area contributed by atoms with E-state index in [-0.39, 0.29) is 28.7 Å². The molecule has 5 heteroatoms. The van der Waals surface area contributed by atoms with Crippen LogP contribution in [-0.4, -0.2) is 54.1 Å². The Balaban J connectivity index is 1.64. The largest absolute Gasteiger partial charge is 0.483 e. The van der Waals surface area contributed by atoms with Crippen LogP contribution >= 0.6 is 0 Å². The van der Waals surface area contributed by atoms with Crippen LogP contribution in [-0.2, 0) is 16.6 Å². The highest BCUT2D eigenvalue weighted by molar-refractivity contribution is 5.59. The molecule has 1 saturated heterocycles. The zero-order valence-electron chi connectivity index (χ0n) is 18.6. The van der Waals surface area contributed by atoms with Gasteiger partial charge in [0, 0.05) is 35.5 Å². The minimum atomic E-state index is -0.830. The van der Waals surface area contributed by atoms with Crippen LogP contribution in [0, 0.1) is 17.2 Å². The SMILES string of the molecule is CCC[C@@](C)(O)[C@@H]1CC23CCC1(OC)[C@H]1Oc4c([18F])ccc5c4[C@@]12CCN(C)[C@@H]3C5. The number of benzene rings is 1. The number of piperidine rings is 1. The predicted molar refractivity (Wildman–Crippen MR) is 112 cm³/mol. The molecule has 0 radical (unpaired) electrons. The third-order valence-corrected chi connectivity index (χ3v) is 10.1. The van der Waals surface area contributed by atoms with Crippen LogP contribution in [0.2, 0.25) is 0 Å². The van der Waals surface area contributed by atoms with Crippen LogP contribution in [0.5, 0.6) is 5.75 Å². The Hall–Kier alpha value is -1.17. The van der Waals surface area contributed by atoms with E-state index in [1.54, 1.807) is 13.2 Å². The maximum absolute atomic E-state index is 15.1. The number of nitrogens with zero attached hydrogens (tertiary/aromatic N) is 1. The Morgan fingerprint density at radius 1 is 1.33 bits per heavy atom. The predicted octanol–water partition coefficient (Wildman–Crippen LogP) is 3.82. The summed E-state index contributed by atoms with van der Waals surface area (Å²) in [6.45, 7) is 5.11. The van der Waals surface area contributed by atoms with Gasteiger partial charge < -0.3 is 19.5 Å². The maximum Gasteiger partial charge on any atom is 0.165 e. The van der Waals surface area contributed by atoms with Gasteiger partial charge in [0.25, 0.3) is 0 Å². The maximum atomic E-state index is 15.1. The number of fused-ring (bicyclic) bond motifs is 2. The summed E-state index contributed by atoms with van der Waals surface area (Å²) < 4.78 is 28.1. The lowest BCUT2D eigenvalue weighted by molar-refractivity contribution is -0.301. The van der Waals surface area contributed by atoms with Crippen molar-refractivity contribution in [1.29, 1.82) is 0 Å². The summed E-state index contributed by atoms with van der Waals surface area (Å²) in [5.74, 6) is 0.214. The van der Waals surface area contributed by atoms with Crippen molar-refractivity contribution in [3.8, 4) is 5.75 Å². The summed E-state index contributed by atoms with van der Waals surface area (Å²) in [6, 6.07) is 3.98. The fraction of sp³-hybridized carbons (Fsp3) is 0.760. The number of rotatable bonds is 4. The average Bonchev–Trinajstić information content (AvgIpc) is 3.09. The monoisotopic (exact) mass is 414 g/mol. The zero-order valence-corrected chi connectivity index (χ0v) is 18.6. The summed E-state index contributed by atoms with van der Waals surface area (Å²) in [5.41, 5.74) is 0.782. The first-order valence-corrected chi connectivity index (χ1v) is 11.7. The van der Waals surface area contributed by atoms with Gasteiger partial charge in [-0.25, -0.2) is 4.39 Å². The summed E-state index contributed by atoms with van der Waals surface area (Å²) in [6.07, 6.45) is 6.22. The van der Waals surface area contributed by atoms with E-state index in [4.69, 9.17) is 9.47 Å². The van der Waals surface area contributed by atoms with Crippen LogP contribution in [0.1, 0.15) is 63.5 Å². The Kier molecular flexibility index (Phi) is 3.76. The fourth-order valence-corrected chi connectivity index (χ4v) is 9.07. The molecule has 1 aromatic carbocycles. The van der Waals surface area contributed by atoms with Gasteiger partial charge in [-0.3, -0.25) is 0 Å². The number of methoxy groups -OCH3 is 1. The number of hydrogen-bond donors (Lipinski definition) is 1. The molecule has 1 aromatic rings. The molecule has 2 unspecified atom stereocenters. The molecule has 4 nitrogen and oxygen atoms in total. The van der Waals surface area contributed by atoms with E-state index in [9.17, 15) is 5.11 Å². The number of likely N-dealkylation sites (N-methyl/N-ethyl adjacent to an activating group) is 1. The number of ether oxygens (including phenoxy) is 2. The smallest absolute Gasteiger partial charge is 0.165 e. The molecular formula is C25H34FNO3. The quantitative estimate of drug-likeness (QED) is 0.813. The molecule has 30 heavy (non-hydrogen) atoms. The number of likely N-dealkylation sites (tertiary alicyclic amines) is 1. The van der Waals surface area contributed by atoms with E-state index >= 15 is 4.39 Å². The topological polar surface area (TPSA) is 41.9 Å². The van der Waals surface area contributed by atoms with Gasteiger partial charge in [-0.15, -0.1) is 0 Å². The molecule has 3 saturated carbocycles. The van der Waals surface area contributed by atoms with Gasteiger partial charge in [0.05, 0.1) is 5.60 Å². The molecule has 1 N–H and O–H groups in total. The summed E-state index contributed by atoms with van der Waals surface area (Å²) in [4.78, 5) is 2.53. The van der Waals surface area contributed by atoms with Crippen molar-refractivity contribution in [2.24, 2.45) is 11.3 Å². The first-order chi connectivity index (χ1) is 14.3. The fourth-order valence-electron chi connectivity index (χ4n) is 9.07. The highest BCUT2D eigenvalue weighted by Gasteiger charge is 2.81. The standard InChI is InChI=1S/C25H34FNO3/c1-5-8-22(2,28)17-14-23-9-10-25(17,29-4)21-24(23)11-12-27(3)18(23)13-15-6-7-16(26)20(30-21)19(15)24/h6-7,17-18,21,28H,5,8-14H2,1-4H3/t17-,18+,21-,22+,23?,24-,25?/m0/s1/i26-1. The lowest BCUT2D eigenvalue weighted by Gasteiger charge is -2.74. The number of halogens is 1. The minimum absolute atomic E-state index is 0.000607. The second-order valence-corrected chi connectivity index (χ2v) is 11.0. The first-order valence-electron chi connectivity index (χ1n) is 11.7. The van der Waals surface area contributed by atoms with Crippen molar-refractivity contribution < 1.29 is 19.0 Å². The van der Waals surface area contributed by atoms with E-state index in [1.807, 2.05) is 13.0 Å². The molecule has 4 aliphatic carbocycles. The summed E-state index contributed by atoms with van der Waals surface area (Å²) in [7, 11) is 4.03. The molecule has 7 rings (SSSR count). The highest BCUT2D eigenvalue weighted by atomic mass is 18.2. The van der Waals surface area contributed by atoms with Gasteiger partial charge in [-0.1, -0.05) is 19.4 Å². The van der Waals surface area contributed by atoms with Gasteiger partial charge in [0.1, 0.15) is 11.7 Å². The van der Waals surface area contributed by atoms with Crippen LogP contribution in [0.15, 0.2) is 12.1 Å². The molecule has 2 spiro atoms. The van der Waals surface area contributed by atoms with Crippen molar-refractivity contribution in [2.45, 2.75) is 87.6 Å². The molecule has 6 aliphatic rings. The summed E-state index contributed by atoms with van der Waals surface area (Å²) >= 11 is 0. The van der Waals surface area contributed by atoms with Gasteiger partial charge >= 0.3 is 0 Å². The lowest BCUT2D eigenvalue weighted by atomic mass is 9.33. The Morgan fingerprint density at radius 3 is 2.87 bits per heavy atom. The molecule has 0 amide bonds. The normalized spacial score (nSPS) is 45.1. The third-order valence-electron chi connectivity index (χ3n) is 10.1. The molecule has 164 valence electrons. The van der Waals surface area contributed by atoms with E-state index < -0.39 is 11.2 Å². The van der Waals surface area contributed by atoms with E-state index in [1.165, 1.54) is 5.56 Å². The van der Waals surface area contributed by atoms with Crippen LogP contribution in [0.4, 0.5) is 4.39 Å². The summed E-state index contributed by atoms with van der Waals surface area (Å²) in [5, 5.41) is 11.7. The van der Waals surface area contributed by atoms with Crippen molar-refractivity contribution in [3.63, 3.8) is 0 Å². The van der Waals surface area contributed by atoms with Gasteiger partial charge in [-0.2, -0.15) is 0 Å². The van der Waals surface area contributed by atoms with Gasteiger partial charge in [0.2, 0.25) is 0 Å².